The van der Waals surface area contributed by atoms with Crippen LogP contribution in [0, 0.1) is 0 Å². The molecule has 2 N–H and O–H groups in total. The van der Waals surface area contributed by atoms with Crippen molar-refractivity contribution >= 4 is 42.1 Å². The molecule has 4 unspecified atom stereocenters. The van der Waals surface area contributed by atoms with Crippen LogP contribution >= 0.6 is 23.7 Å². The Balaban J connectivity index is 2.11. The van der Waals surface area contributed by atoms with Gasteiger partial charge in [-0.15, -0.1) is 0 Å². The van der Waals surface area contributed by atoms with Crippen LogP contribution in [-0.2, 0) is 28.2 Å². The zero-order chi connectivity index (χ0) is 25.3. The van der Waals surface area contributed by atoms with Crippen LogP contribution in [-0.4, -0.2) is 55.4 Å². The molecule has 0 saturated heterocycles. The molecule has 1 aromatic rings. The first kappa shape index (κ1) is 27.7. The number of imide groups is 1. The van der Waals surface area contributed by atoms with Crippen molar-refractivity contribution in [3.05, 3.63) is 52.7 Å². The third-order valence-corrected chi connectivity index (χ3v) is 6.42. The summed E-state index contributed by atoms with van der Waals surface area (Å²) >= 11 is 3.31. The average molecular weight is 560 g/mol. The molecule has 0 spiro atoms. The monoisotopic (exact) mass is 559 g/mol. The van der Waals surface area contributed by atoms with E-state index in [1.165, 1.54) is 25.1 Å². The highest BCUT2D eigenvalue weighted by atomic mass is 79.9. The molecule has 0 aliphatic carbocycles. The van der Waals surface area contributed by atoms with Crippen LogP contribution in [0.15, 0.2) is 52.7 Å². The summed E-state index contributed by atoms with van der Waals surface area (Å²) in [5.41, 5.74) is 0.797. The standard InChI is InChI=1S/C21H27BrN3O8P/c1-14(2)11-25(21(28)23-13-26)19-10-9-18(32-19)12-31-34(29,24-15(3)20(27)30-4)33-17-7-5-16(22)6-8-17/h5-11,13,15,18-19H,12H2,1-4H3,(H,24,29)(H,23,26,28). The molecular formula is C21H27BrN3O8P. The summed E-state index contributed by atoms with van der Waals surface area (Å²) in [6, 6.07) is 4.88. The second-order valence-corrected chi connectivity index (χ2v) is 9.95. The Hall–Kier alpha value is -2.50. The first-order chi connectivity index (χ1) is 16.1. The summed E-state index contributed by atoms with van der Waals surface area (Å²) in [4.78, 5) is 35.9. The number of nitrogens with one attached hydrogen (secondary N) is 2. The topological polar surface area (TPSA) is 132 Å². The van der Waals surface area contributed by atoms with Crippen molar-refractivity contribution in [1.82, 2.24) is 15.3 Å². The molecule has 1 heterocycles. The Labute approximate surface area is 206 Å². The lowest BCUT2D eigenvalue weighted by Gasteiger charge is -2.26. The number of nitrogens with zero attached hydrogens (tertiary/aromatic N) is 1. The number of carbonyl (C=O) groups is 3. The maximum atomic E-state index is 13.4. The fourth-order valence-electron chi connectivity index (χ4n) is 2.76. The highest BCUT2D eigenvalue weighted by Crippen LogP contribution is 2.45. The van der Waals surface area contributed by atoms with Crippen LogP contribution in [0.4, 0.5) is 4.79 Å². The number of amides is 3. The predicted octanol–water partition coefficient (Wildman–Crippen LogP) is 3.48. The van der Waals surface area contributed by atoms with Crippen LogP contribution in [0.1, 0.15) is 20.8 Å². The third-order valence-electron chi connectivity index (χ3n) is 4.25. The number of methoxy groups -OCH3 is 1. The molecule has 13 heteroatoms. The number of halogens is 1. The van der Waals surface area contributed by atoms with Crippen molar-refractivity contribution < 1.29 is 37.5 Å². The first-order valence-corrected chi connectivity index (χ1v) is 12.5. The third kappa shape index (κ3) is 8.37. The molecule has 11 nitrogen and oxygen atoms in total. The maximum absolute atomic E-state index is 13.4. The zero-order valence-corrected chi connectivity index (χ0v) is 21.6. The lowest BCUT2D eigenvalue weighted by Crippen LogP contribution is -2.43. The highest BCUT2D eigenvalue weighted by molar-refractivity contribution is 9.10. The van der Waals surface area contributed by atoms with Gasteiger partial charge in [0, 0.05) is 10.7 Å². The van der Waals surface area contributed by atoms with Crippen molar-refractivity contribution in [3.63, 3.8) is 0 Å². The van der Waals surface area contributed by atoms with Gasteiger partial charge in [-0.2, -0.15) is 5.09 Å². The van der Waals surface area contributed by atoms with Gasteiger partial charge in [-0.05, 0) is 51.1 Å². The fourth-order valence-corrected chi connectivity index (χ4v) is 4.52. The van der Waals surface area contributed by atoms with Crippen LogP contribution in [0.25, 0.3) is 0 Å². The summed E-state index contributed by atoms with van der Waals surface area (Å²) in [6.07, 6.45) is 3.51. The van der Waals surface area contributed by atoms with E-state index in [4.69, 9.17) is 13.8 Å². The van der Waals surface area contributed by atoms with E-state index >= 15 is 0 Å². The molecule has 0 saturated carbocycles. The molecule has 2 rings (SSSR count). The summed E-state index contributed by atoms with van der Waals surface area (Å²) in [6.45, 7) is 4.80. The minimum absolute atomic E-state index is 0.223. The van der Waals surface area contributed by atoms with Crippen molar-refractivity contribution in [2.24, 2.45) is 0 Å². The zero-order valence-electron chi connectivity index (χ0n) is 19.1. The van der Waals surface area contributed by atoms with E-state index in [9.17, 15) is 18.9 Å². The van der Waals surface area contributed by atoms with Gasteiger partial charge < -0.3 is 14.0 Å². The summed E-state index contributed by atoms with van der Waals surface area (Å²) in [7, 11) is -2.85. The number of carbonyl (C=O) groups excluding carboxylic acids is 3. The van der Waals surface area contributed by atoms with Crippen LogP contribution in [0.2, 0.25) is 0 Å². The quantitative estimate of drug-likeness (QED) is 0.181. The van der Waals surface area contributed by atoms with Gasteiger partial charge in [0.1, 0.15) is 17.9 Å². The molecule has 4 atom stereocenters. The molecule has 0 bridgehead atoms. The number of hydrogen-bond donors (Lipinski definition) is 2. The Kier molecular flexibility index (Phi) is 10.5. The van der Waals surface area contributed by atoms with Gasteiger partial charge in [-0.3, -0.25) is 24.3 Å². The second kappa shape index (κ2) is 12.8. The summed E-state index contributed by atoms with van der Waals surface area (Å²) in [5, 5.41) is 4.61. The Morgan fingerprint density at radius 1 is 1.26 bits per heavy atom. The summed E-state index contributed by atoms with van der Waals surface area (Å²) in [5.74, 6) is -0.406. The van der Waals surface area contributed by atoms with E-state index in [1.807, 2.05) is 0 Å². The van der Waals surface area contributed by atoms with Gasteiger partial charge in [0.05, 0.1) is 13.7 Å². The normalized spacial score (nSPS) is 19.4. The molecular weight excluding hydrogens is 533 g/mol. The van der Waals surface area contributed by atoms with Crippen molar-refractivity contribution in [1.29, 1.82) is 0 Å². The molecule has 1 aliphatic rings. The van der Waals surface area contributed by atoms with E-state index in [-0.39, 0.29) is 18.8 Å². The van der Waals surface area contributed by atoms with E-state index in [1.54, 1.807) is 50.3 Å². The molecule has 1 aliphatic heterocycles. The first-order valence-electron chi connectivity index (χ1n) is 10.1. The van der Waals surface area contributed by atoms with E-state index in [0.717, 1.165) is 10.0 Å². The Bertz CT molecular complexity index is 981. The van der Waals surface area contributed by atoms with Gasteiger partial charge in [0.25, 0.3) is 0 Å². The number of benzene rings is 1. The molecule has 34 heavy (non-hydrogen) atoms. The highest BCUT2D eigenvalue weighted by Gasteiger charge is 2.35. The van der Waals surface area contributed by atoms with Gasteiger partial charge in [0.2, 0.25) is 6.41 Å². The van der Waals surface area contributed by atoms with Crippen molar-refractivity contribution in [3.8, 4) is 5.75 Å². The number of hydrogen-bond acceptors (Lipinski definition) is 8. The van der Waals surface area contributed by atoms with Crippen molar-refractivity contribution in [2.45, 2.75) is 39.1 Å². The van der Waals surface area contributed by atoms with Crippen LogP contribution in [0.5, 0.6) is 5.75 Å². The van der Waals surface area contributed by atoms with Gasteiger partial charge in [0.15, 0.2) is 6.23 Å². The molecule has 186 valence electrons. The lowest BCUT2D eigenvalue weighted by atomic mass is 10.3. The molecule has 0 fully saturated rings. The number of urea groups is 1. The minimum atomic E-state index is -4.06. The molecule has 3 amide bonds. The number of allylic oxidation sites excluding steroid dienone is 1. The Morgan fingerprint density at radius 3 is 2.53 bits per heavy atom. The predicted molar refractivity (Wildman–Crippen MR) is 127 cm³/mol. The van der Waals surface area contributed by atoms with Gasteiger partial charge in [-0.1, -0.05) is 27.6 Å². The Morgan fingerprint density at radius 2 is 1.94 bits per heavy atom. The minimum Gasteiger partial charge on any atom is -0.468 e. The fraction of sp³-hybridized carbons (Fsp3) is 0.381. The maximum Gasteiger partial charge on any atom is 0.459 e. The van der Waals surface area contributed by atoms with Crippen LogP contribution < -0.4 is 14.9 Å². The lowest BCUT2D eigenvalue weighted by molar-refractivity contribution is -0.142. The van der Waals surface area contributed by atoms with E-state index in [0.29, 0.717) is 0 Å². The van der Waals surface area contributed by atoms with Gasteiger partial charge in [-0.25, -0.2) is 9.36 Å². The second-order valence-electron chi connectivity index (χ2n) is 7.34. The van der Waals surface area contributed by atoms with E-state index in [2.05, 4.69) is 31.1 Å². The van der Waals surface area contributed by atoms with E-state index < -0.39 is 38.1 Å². The SMILES string of the molecule is COC(=O)C(C)NP(=O)(OCC1C=CC(N(C=C(C)C)C(=O)NC=O)O1)Oc1ccc(Br)cc1. The molecule has 0 aromatic heterocycles. The largest absolute Gasteiger partial charge is 0.468 e. The smallest absolute Gasteiger partial charge is 0.459 e. The molecule has 0 radical (unpaired) electrons. The van der Waals surface area contributed by atoms with Gasteiger partial charge >= 0.3 is 19.7 Å². The number of esters is 1. The van der Waals surface area contributed by atoms with Crippen molar-refractivity contribution in [2.75, 3.05) is 13.7 Å². The average Bonchev–Trinajstić information content (AvgIpc) is 3.26. The number of rotatable bonds is 11. The molecule has 1 aromatic carbocycles. The van der Waals surface area contributed by atoms with Crippen LogP contribution in [0.3, 0.4) is 0 Å². The summed E-state index contributed by atoms with van der Waals surface area (Å²) < 4.78 is 35.8. The number of ether oxygens (including phenoxy) is 2.